The van der Waals surface area contributed by atoms with E-state index in [4.69, 9.17) is 0 Å². The maximum Gasteiger partial charge on any atom is 0.0205 e. The lowest BCUT2D eigenvalue weighted by molar-refractivity contribution is 0.549. The number of hydrogen-bond acceptors (Lipinski definition) is 2. The van der Waals surface area contributed by atoms with Crippen molar-refractivity contribution in [1.82, 2.24) is 10.6 Å². The molecule has 1 aromatic rings. The van der Waals surface area contributed by atoms with E-state index in [1.807, 2.05) is 0 Å². The molecule has 0 aliphatic rings. The van der Waals surface area contributed by atoms with Gasteiger partial charge in [-0.15, -0.1) is 0 Å². The van der Waals surface area contributed by atoms with Crippen molar-refractivity contribution in [2.45, 2.75) is 57.5 Å². The van der Waals surface area contributed by atoms with Crippen LogP contribution in [0.4, 0.5) is 0 Å². The molecular formula is C18H34N2Si. The first kappa shape index (κ1) is 18.4. The standard InChI is InChI=1S/C18H34N2Si/c21-16-10-15-19-13-8-3-1-2-4-9-14-20-17-18-11-6-5-7-12-18/h5-7,11-12,19-20H,1-4,8-10,13-17H2,21H3. The first-order chi connectivity index (χ1) is 10.4. The van der Waals surface area contributed by atoms with Crippen molar-refractivity contribution in [3.05, 3.63) is 35.9 Å². The Morgan fingerprint density at radius 2 is 1.24 bits per heavy atom. The number of rotatable bonds is 14. The van der Waals surface area contributed by atoms with Crippen LogP contribution < -0.4 is 10.6 Å². The molecule has 120 valence electrons. The van der Waals surface area contributed by atoms with Crippen molar-refractivity contribution < 1.29 is 0 Å². The summed E-state index contributed by atoms with van der Waals surface area (Å²) in [6.07, 6.45) is 9.61. The Hall–Kier alpha value is -0.643. The fraction of sp³-hybridized carbons (Fsp3) is 0.667. The minimum absolute atomic E-state index is 1.01. The Balaban J connectivity index is 1.75. The molecule has 3 heteroatoms. The first-order valence-corrected chi connectivity index (χ1v) is 10.3. The van der Waals surface area contributed by atoms with Crippen LogP contribution in [0.25, 0.3) is 0 Å². The molecule has 1 rings (SSSR count). The van der Waals surface area contributed by atoms with Gasteiger partial charge >= 0.3 is 0 Å². The molecule has 0 aromatic heterocycles. The van der Waals surface area contributed by atoms with Gasteiger partial charge in [0.25, 0.3) is 0 Å². The maximum absolute atomic E-state index is 3.53. The van der Waals surface area contributed by atoms with Crippen molar-refractivity contribution in [3.8, 4) is 0 Å². The van der Waals surface area contributed by atoms with Gasteiger partial charge in [0.1, 0.15) is 0 Å². The van der Waals surface area contributed by atoms with Gasteiger partial charge in [0.15, 0.2) is 0 Å². The maximum atomic E-state index is 3.53. The zero-order valence-electron chi connectivity index (χ0n) is 13.9. The van der Waals surface area contributed by atoms with Crippen LogP contribution in [-0.2, 0) is 6.54 Å². The van der Waals surface area contributed by atoms with Crippen LogP contribution in [0.3, 0.4) is 0 Å². The van der Waals surface area contributed by atoms with E-state index in [-0.39, 0.29) is 0 Å². The summed E-state index contributed by atoms with van der Waals surface area (Å²) in [5.41, 5.74) is 1.38. The number of unbranched alkanes of at least 4 members (excludes halogenated alkanes) is 5. The van der Waals surface area contributed by atoms with Gasteiger partial charge in [0.05, 0.1) is 0 Å². The van der Waals surface area contributed by atoms with Crippen LogP contribution in [0.5, 0.6) is 0 Å². The Morgan fingerprint density at radius 1 is 0.667 bits per heavy atom. The highest BCUT2D eigenvalue weighted by Gasteiger charge is 1.93. The second-order valence-corrected chi connectivity index (χ2v) is 6.89. The minimum atomic E-state index is 1.01. The van der Waals surface area contributed by atoms with E-state index in [2.05, 4.69) is 41.0 Å². The molecule has 0 fully saturated rings. The van der Waals surface area contributed by atoms with Crippen LogP contribution >= 0.6 is 0 Å². The monoisotopic (exact) mass is 306 g/mol. The molecule has 0 amide bonds. The van der Waals surface area contributed by atoms with Gasteiger partial charge in [-0.3, -0.25) is 0 Å². The number of benzene rings is 1. The van der Waals surface area contributed by atoms with E-state index < -0.39 is 0 Å². The van der Waals surface area contributed by atoms with Crippen molar-refractivity contribution in [1.29, 1.82) is 0 Å². The quantitative estimate of drug-likeness (QED) is 0.408. The summed E-state index contributed by atoms with van der Waals surface area (Å²) in [7, 11) is 1.36. The first-order valence-electron chi connectivity index (χ1n) is 8.89. The van der Waals surface area contributed by atoms with E-state index >= 15 is 0 Å². The molecule has 0 spiro atoms. The van der Waals surface area contributed by atoms with Crippen molar-refractivity contribution in [2.24, 2.45) is 0 Å². The highest BCUT2D eigenvalue weighted by Crippen LogP contribution is 2.05. The van der Waals surface area contributed by atoms with E-state index in [9.17, 15) is 0 Å². The van der Waals surface area contributed by atoms with Crippen LogP contribution in [0.15, 0.2) is 30.3 Å². The van der Waals surface area contributed by atoms with Gasteiger partial charge in [-0.2, -0.15) is 0 Å². The van der Waals surface area contributed by atoms with Gasteiger partial charge in [-0.25, -0.2) is 0 Å². The largest absolute Gasteiger partial charge is 0.317 e. The third-order valence-corrected chi connectivity index (χ3v) is 4.54. The SMILES string of the molecule is [SiH3]CCCNCCCCCCCCNCc1ccccc1. The second-order valence-electron chi connectivity index (χ2n) is 5.89. The lowest BCUT2D eigenvalue weighted by Crippen LogP contribution is -2.16. The molecule has 0 aliphatic carbocycles. The second kappa shape index (κ2) is 14.3. The Labute approximate surface area is 134 Å². The molecule has 2 N–H and O–H groups in total. The van der Waals surface area contributed by atoms with Gasteiger partial charge < -0.3 is 10.6 Å². The van der Waals surface area contributed by atoms with Crippen molar-refractivity contribution >= 4 is 10.2 Å². The van der Waals surface area contributed by atoms with E-state index in [1.54, 1.807) is 0 Å². The molecule has 0 unspecified atom stereocenters. The zero-order chi connectivity index (χ0) is 15.0. The van der Waals surface area contributed by atoms with E-state index in [1.165, 1.54) is 79.9 Å². The van der Waals surface area contributed by atoms with Crippen LogP contribution in [0, 0.1) is 0 Å². The Kier molecular flexibility index (Phi) is 12.5. The average molecular weight is 307 g/mol. The highest BCUT2D eigenvalue weighted by atomic mass is 28.1. The highest BCUT2D eigenvalue weighted by molar-refractivity contribution is 6.08. The predicted molar refractivity (Wildman–Crippen MR) is 98.1 cm³/mol. The Morgan fingerprint density at radius 3 is 1.90 bits per heavy atom. The fourth-order valence-corrected chi connectivity index (χ4v) is 2.82. The molecule has 0 aliphatic heterocycles. The average Bonchev–Trinajstić information content (AvgIpc) is 2.53. The third-order valence-electron chi connectivity index (χ3n) is 3.84. The number of nitrogens with one attached hydrogen (secondary N) is 2. The Bertz CT molecular complexity index is 316. The fourth-order valence-electron chi connectivity index (χ4n) is 2.46. The summed E-state index contributed by atoms with van der Waals surface area (Å²) in [6.45, 7) is 4.61. The summed E-state index contributed by atoms with van der Waals surface area (Å²) >= 11 is 0. The molecule has 0 radical (unpaired) electrons. The van der Waals surface area contributed by atoms with Crippen molar-refractivity contribution in [3.63, 3.8) is 0 Å². The normalized spacial score (nSPS) is 11.0. The van der Waals surface area contributed by atoms with E-state index in [0.717, 1.165) is 13.1 Å². The summed E-state index contributed by atoms with van der Waals surface area (Å²) in [4.78, 5) is 0. The van der Waals surface area contributed by atoms with Gasteiger partial charge in [0.2, 0.25) is 0 Å². The lowest BCUT2D eigenvalue weighted by atomic mass is 10.1. The van der Waals surface area contributed by atoms with E-state index in [0.29, 0.717) is 0 Å². The third kappa shape index (κ3) is 11.7. The molecule has 0 heterocycles. The van der Waals surface area contributed by atoms with Crippen LogP contribution in [-0.4, -0.2) is 29.9 Å². The topological polar surface area (TPSA) is 24.1 Å². The van der Waals surface area contributed by atoms with Crippen LogP contribution in [0.1, 0.15) is 50.5 Å². The van der Waals surface area contributed by atoms with Crippen LogP contribution in [0.2, 0.25) is 6.04 Å². The summed E-state index contributed by atoms with van der Waals surface area (Å²) in [5.74, 6) is 0. The predicted octanol–water partition coefficient (Wildman–Crippen LogP) is 2.88. The molecule has 0 atom stereocenters. The van der Waals surface area contributed by atoms with Gasteiger partial charge in [-0.1, -0.05) is 62.1 Å². The summed E-state index contributed by atoms with van der Waals surface area (Å²) in [5, 5.41) is 7.06. The molecule has 2 nitrogen and oxygen atoms in total. The zero-order valence-corrected chi connectivity index (χ0v) is 15.9. The summed E-state index contributed by atoms with van der Waals surface area (Å²) < 4.78 is 0. The molecule has 0 saturated heterocycles. The molecular weight excluding hydrogens is 272 g/mol. The molecule has 21 heavy (non-hydrogen) atoms. The van der Waals surface area contributed by atoms with Gasteiger partial charge in [0, 0.05) is 16.8 Å². The molecule has 1 aromatic carbocycles. The lowest BCUT2D eigenvalue weighted by Gasteiger charge is -2.05. The number of hydrogen-bond donors (Lipinski definition) is 2. The summed E-state index contributed by atoms with van der Waals surface area (Å²) in [6, 6.07) is 12.1. The minimum Gasteiger partial charge on any atom is -0.317 e. The van der Waals surface area contributed by atoms with Crippen molar-refractivity contribution in [2.75, 3.05) is 19.6 Å². The molecule has 0 saturated carbocycles. The molecule has 0 bridgehead atoms. The van der Waals surface area contributed by atoms with Gasteiger partial charge in [-0.05, 0) is 44.5 Å². The smallest absolute Gasteiger partial charge is 0.0205 e.